The zero-order valence-corrected chi connectivity index (χ0v) is 20.0. The molecule has 0 fully saturated rings. The third-order valence-electron chi connectivity index (χ3n) is 4.94. The molecule has 0 unspecified atom stereocenters. The second-order valence-corrected chi connectivity index (χ2v) is 8.03. The lowest BCUT2D eigenvalue weighted by molar-refractivity contribution is -0.111. The van der Waals surface area contributed by atoms with Crippen LogP contribution in [0, 0.1) is 6.92 Å². The van der Waals surface area contributed by atoms with Gasteiger partial charge in [-0.3, -0.25) is 4.79 Å². The fraction of sp³-hybridized carbons (Fsp3) is 0.0741. The summed E-state index contributed by atoms with van der Waals surface area (Å²) in [6.45, 7) is 1.90. The van der Waals surface area contributed by atoms with Gasteiger partial charge >= 0.3 is 0 Å². The Morgan fingerprint density at radius 1 is 0.886 bits per heavy atom. The number of ether oxygens (including phenoxy) is 1. The minimum absolute atomic E-state index is 0.248. The highest BCUT2D eigenvalue weighted by Gasteiger charge is 2.05. The van der Waals surface area contributed by atoms with Crippen LogP contribution in [-0.4, -0.2) is 23.0 Å². The Labute approximate surface area is 208 Å². The molecule has 176 valence electrons. The molecule has 4 rings (SSSR count). The zero-order valence-electron chi connectivity index (χ0n) is 19.2. The van der Waals surface area contributed by atoms with Gasteiger partial charge in [0.15, 0.2) is 0 Å². The van der Waals surface area contributed by atoms with Crippen molar-refractivity contribution in [2.45, 2.75) is 6.92 Å². The van der Waals surface area contributed by atoms with Gasteiger partial charge in [-0.2, -0.15) is 4.98 Å². The fourth-order valence-corrected chi connectivity index (χ4v) is 3.44. The maximum Gasteiger partial charge on any atom is 0.248 e. The fourth-order valence-electron chi connectivity index (χ4n) is 3.24. The quantitative estimate of drug-likeness (QED) is 0.244. The Morgan fingerprint density at radius 2 is 1.54 bits per heavy atom. The topological polar surface area (TPSA) is 88.2 Å². The molecule has 0 spiro atoms. The number of carbonyl (C=O) groups excluding carboxylic acids is 1. The standard InChI is InChI=1S/C27H24ClN5O2/c1-18-17-25(30-20-12-14-23(35-2)15-13-20)33-27(29-18)32-22-10-8-21(9-11-22)31-26(34)16-7-19-5-3-4-6-24(19)28/h3-17H,1-2H3,(H,31,34)(H2,29,30,32,33)/b16-7+. The highest BCUT2D eigenvalue weighted by atomic mass is 35.5. The predicted octanol–water partition coefficient (Wildman–Crippen LogP) is 6.59. The normalized spacial score (nSPS) is 10.7. The minimum Gasteiger partial charge on any atom is -0.497 e. The molecule has 0 atom stereocenters. The minimum atomic E-state index is -0.248. The van der Waals surface area contributed by atoms with E-state index in [1.54, 1.807) is 31.4 Å². The molecule has 35 heavy (non-hydrogen) atoms. The van der Waals surface area contributed by atoms with Gasteiger partial charge in [-0.05, 0) is 73.2 Å². The van der Waals surface area contributed by atoms with Crippen molar-refractivity contribution < 1.29 is 9.53 Å². The van der Waals surface area contributed by atoms with Gasteiger partial charge in [-0.1, -0.05) is 29.8 Å². The van der Waals surface area contributed by atoms with Crippen LogP contribution in [0.4, 0.5) is 28.8 Å². The van der Waals surface area contributed by atoms with E-state index in [-0.39, 0.29) is 5.91 Å². The molecule has 0 radical (unpaired) electrons. The van der Waals surface area contributed by atoms with Crippen LogP contribution in [0.1, 0.15) is 11.3 Å². The van der Waals surface area contributed by atoms with Crippen LogP contribution in [0.2, 0.25) is 5.02 Å². The van der Waals surface area contributed by atoms with Gasteiger partial charge < -0.3 is 20.7 Å². The Hall–Kier alpha value is -4.36. The molecule has 0 bridgehead atoms. The van der Waals surface area contributed by atoms with Crippen molar-refractivity contribution in [3.8, 4) is 5.75 Å². The number of nitrogens with one attached hydrogen (secondary N) is 3. The van der Waals surface area contributed by atoms with Crippen molar-refractivity contribution in [1.82, 2.24) is 9.97 Å². The second kappa shape index (κ2) is 11.2. The number of hydrogen-bond donors (Lipinski definition) is 3. The molecule has 0 saturated heterocycles. The van der Waals surface area contributed by atoms with E-state index in [1.807, 2.05) is 67.6 Å². The summed E-state index contributed by atoms with van der Waals surface area (Å²) in [5, 5.41) is 9.89. The smallest absolute Gasteiger partial charge is 0.248 e. The molecule has 4 aromatic rings. The number of aryl methyl sites for hydroxylation is 1. The second-order valence-electron chi connectivity index (χ2n) is 7.62. The Balaban J connectivity index is 1.38. The molecule has 0 aliphatic rings. The van der Waals surface area contributed by atoms with Gasteiger partial charge in [0.1, 0.15) is 11.6 Å². The lowest BCUT2D eigenvalue weighted by Gasteiger charge is -2.11. The van der Waals surface area contributed by atoms with Crippen LogP contribution >= 0.6 is 11.6 Å². The van der Waals surface area contributed by atoms with Crippen molar-refractivity contribution in [1.29, 1.82) is 0 Å². The number of carbonyl (C=O) groups is 1. The van der Waals surface area contributed by atoms with Crippen molar-refractivity contribution in [3.63, 3.8) is 0 Å². The van der Waals surface area contributed by atoms with E-state index in [0.29, 0.717) is 22.5 Å². The SMILES string of the molecule is COc1ccc(Nc2cc(C)nc(Nc3ccc(NC(=O)/C=C/c4ccccc4Cl)cc3)n2)cc1. The van der Waals surface area contributed by atoms with Crippen LogP contribution in [0.15, 0.2) is 84.9 Å². The molecule has 1 amide bonds. The first-order chi connectivity index (χ1) is 17.0. The predicted molar refractivity (Wildman–Crippen MR) is 142 cm³/mol. The number of aromatic nitrogens is 2. The molecule has 1 heterocycles. The maximum atomic E-state index is 12.2. The molecule has 0 saturated carbocycles. The van der Waals surface area contributed by atoms with E-state index in [2.05, 4.69) is 25.9 Å². The summed E-state index contributed by atoms with van der Waals surface area (Å²) in [7, 11) is 1.63. The third-order valence-corrected chi connectivity index (χ3v) is 5.29. The van der Waals surface area contributed by atoms with Crippen molar-refractivity contribution in [2.75, 3.05) is 23.1 Å². The summed E-state index contributed by atoms with van der Waals surface area (Å²) in [5.41, 5.74) is 3.93. The lowest BCUT2D eigenvalue weighted by atomic mass is 10.2. The molecular weight excluding hydrogens is 462 g/mol. The maximum absolute atomic E-state index is 12.2. The van der Waals surface area contributed by atoms with Crippen LogP contribution in [-0.2, 0) is 4.79 Å². The highest BCUT2D eigenvalue weighted by Crippen LogP contribution is 2.22. The number of anilines is 5. The van der Waals surface area contributed by atoms with Gasteiger partial charge in [0.25, 0.3) is 0 Å². The first-order valence-electron chi connectivity index (χ1n) is 10.9. The molecule has 7 nitrogen and oxygen atoms in total. The highest BCUT2D eigenvalue weighted by molar-refractivity contribution is 6.32. The molecule has 0 aliphatic heterocycles. The number of nitrogens with zero attached hydrogens (tertiary/aromatic N) is 2. The summed E-state index contributed by atoms with van der Waals surface area (Å²) in [4.78, 5) is 21.2. The molecular formula is C27H24ClN5O2. The number of rotatable bonds is 8. The van der Waals surface area contributed by atoms with E-state index in [9.17, 15) is 4.79 Å². The van der Waals surface area contributed by atoms with Crippen molar-refractivity contribution in [3.05, 3.63) is 101 Å². The average molecular weight is 486 g/mol. The summed E-state index contributed by atoms with van der Waals surface area (Å²) in [5.74, 6) is 1.66. The summed E-state index contributed by atoms with van der Waals surface area (Å²) in [6.07, 6.45) is 3.13. The molecule has 0 aliphatic carbocycles. The van der Waals surface area contributed by atoms with Gasteiger partial charge in [-0.25, -0.2) is 4.98 Å². The molecule has 3 N–H and O–H groups in total. The number of methoxy groups -OCH3 is 1. The largest absolute Gasteiger partial charge is 0.497 e. The summed E-state index contributed by atoms with van der Waals surface area (Å²) >= 11 is 6.11. The summed E-state index contributed by atoms with van der Waals surface area (Å²) in [6, 6.07) is 24.1. The van der Waals surface area contributed by atoms with E-state index < -0.39 is 0 Å². The first-order valence-corrected chi connectivity index (χ1v) is 11.2. The lowest BCUT2D eigenvalue weighted by Crippen LogP contribution is -2.07. The third kappa shape index (κ3) is 6.82. The number of benzene rings is 3. The monoisotopic (exact) mass is 485 g/mol. The van der Waals surface area contributed by atoms with Crippen LogP contribution in [0.5, 0.6) is 5.75 Å². The van der Waals surface area contributed by atoms with Gasteiger partial charge in [-0.15, -0.1) is 0 Å². The molecule has 8 heteroatoms. The average Bonchev–Trinajstić information content (AvgIpc) is 2.85. The molecule has 1 aromatic heterocycles. The number of hydrogen-bond acceptors (Lipinski definition) is 6. The first kappa shape index (κ1) is 23.8. The van der Waals surface area contributed by atoms with Crippen LogP contribution in [0.25, 0.3) is 6.08 Å². The van der Waals surface area contributed by atoms with E-state index in [4.69, 9.17) is 16.3 Å². The van der Waals surface area contributed by atoms with Gasteiger partial charge in [0.05, 0.1) is 7.11 Å². The zero-order chi connectivity index (χ0) is 24.6. The van der Waals surface area contributed by atoms with E-state index in [1.165, 1.54) is 6.08 Å². The van der Waals surface area contributed by atoms with Crippen LogP contribution < -0.4 is 20.7 Å². The number of amides is 1. The number of halogens is 1. The molecule has 3 aromatic carbocycles. The summed E-state index contributed by atoms with van der Waals surface area (Å²) < 4.78 is 5.19. The Kier molecular flexibility index (Phi) is 7.60. The Morgan fingerprint density at radius 3 is 2.26 bits per heavy atom. The van der Waals surface area contributed by atoms with Crippen LogP contribution in [0.3, 0.4) is 0 Å². The van der Waals surface area contributed by atoms with Gasteiger partial charge in [0.2, 0.25) is 11.9 Å². The van der Waals surface area contributed by atoms with Crippen molar-refractivity contribution >= 4 is 52.4 Å². The Bertz CT molecular complexity index is 1340. The van der Waals surface area contributed by atoms with E-state index in [0.717, 1.165) is 28.4 Å². The van der Waals surface area contributed by atoms with Gasteiger partial charge in [0, 0.05) is 39.9 Å². The van der Waals surface area contributed by atoms with E-state index >= 15 is 0 Å². The van der Waals surface area contributed by atoms with Crippen molar-refractivity contribution in [2.24, 2.45) is 0 Å².